The first-order valence-electron chi connectivity index (χ1n) is 5.43. The fourth-order valence-electron chi connectivity index (χ4n) is 1.19. The largest absolute Gasteiger partial charge is 0.345 e. The Morgan fingerprint density at radius 1 is 1.50 bits per heavy atom. The maximum Gasteiger partial charge on any atom is 0.223 e. The molecule has 0 aromatic carbocycles. The second-order valence-corrected chi connectivity index (χ2v) is 5.80. The van der Waals surface area contributed by atoms with E-state index in [2.05, 4.69) is 0 Å². The molecule has 0 N–H and O–H groups in total. The number of carbonyl (C=O) groups is 1. The lowest BCUT2D eigenvalue weighted by Gasteiger charge is -2.15. The van der Waals surface area contributed by atoms with Crippen LogP contribution >= 0.6 is 0 Å². The van der Waals surface area contributed by atoms with Crippen molar-refractivity contribution in [3.63, 3.8) is 0 Å². The molecule has 0 fully saturated rings. The van der Waals surface area contributed by atoms with Crippen LogP contribution in [-0.4, -0.2) is 40.1 Å². The zero-order valence-corrected chi connectivity index (χ0v) is 11.0. The van der Waals surface area contributed by atoms with Crippen LogP contribution in [0.3, 0.4) is 0 Å². The number of rotatable bonds is 7. The molecule has 5 heteroatoms. The van der Waals surface area contributed by atoms with Gasteiger partial charge in [-0.3, -0.25) is 9.00 Å². The number of carbonyl (C=O) groups excluding carboxylic acids is 1. The van der Waals surface area contributed by atoms with Gasteiger partial charge in [0.1, 0.15) is 0 Å². The van der Waals surface area contributed by atoms with Crippen molar-refractivity contribution in [2.24, 2.45) is 5.92 Å². The van der Waals surface area contributed by atoms with Crippen LogP contribution in [0.5, 0.6) is 0 Å². The van der Waals surface area contributed by atoms with E-state index in [1.807, 2.05) is 19.9 Å². The Morgan fingerprint density at radius 3 is 2.62 bits per heavy atom. The van der Waals surface area contributed by atoms with Gasteiger partial charge < -0.3 is 4.90 Å². The van der Waals surface area contributed by atoms with E-state index in [0.717, 1.165) is 0 Å². The van der Waals surface area contributed by atoms with Gasteiger partial charge >= 0.3 is 0 Å². The topological polar surface area (TPSA) is 61.2 Å². The highest BCUT2D eigenvalue weighted by atomic mass is 32.2. The Bertz CT molecular complexity index is 284. The lowest BCUT2D eigenvalue weighted by Crippen LogP contribution is -2.28. The third kappa shape index (κ3) is 7.41. The second kappa shape index (κ2) is 8.28. The second-order valence-electron chi connectivity index (χ2n) is 4.18. The summed E-state index contributed by atoms with van der Waals surface area (Å²) in [6, 6.07) is 1.99. The van der Waals surface area contributed by atoms with Gasteiger partial charge in [0, 0.05) is 42.3 Å². The molecule has 0 saturated heterocycles. The Morgan fingerprint density at radius 2 is 2.12 bits per heavy atom. The van der Waals surface area contributed by atoms with E-state index in [-0.39, 0.29) is 5.91 Å². The lowest BCUT2D eigenvalue weighted by molar-refractivity contribution is -0.129. The van der Waals surface area contributed by atoms with E-state index < -0.39 is 10.8 Å². The molecule has 0 radical (unpaired) electrons. The molecule has 0 spiro atoms. The maximum atomic E-state index is 11.5. The van der Waals surface area contributed by atoms with E-state index in [4.69, 9.17) is 5.26 Å². The third-order valence-electron chi connectivity index (χ3n) is 2.05. The van der Waals surface area contributed by atoms with Gasteiger partial charge in [-0.15, -0.1) is 0 Å². The molecule has 0 aliphatic carbocycles. The standard InChI is InChI=1S/C11H20N2O2S/c1-10(2)9-16(15)8-5-11(14)13(3)7-4-6-12/h10H,4-5,7-9H2,1-3H3. The van der Waals surface area contributed by atoms with E-state index in [9.17, 15) is 9.00 Å². The molecule has 92 valence electrons. The maximum absolute atomic E-state index is 11.5. The number of nitrogens with zero attached hydrogens (tertiary/aromatic N) is 2. The predicted molar refractivity (Wildman–Crippen MR) is 65.2 cm³/mol. The minimum atomic E-state index is -0.905. The fraction of sp³-hybridized carbons (Fsp3) is 0.818. The van der Waals surface area contributed by atoms with Gasteiger partial charge in [-0.05, 0) is 5.92 Å². The van der Waals surface area contributed by atoms with Crippen LogP contribution in [0.2, 0.25) is 0 Å². The van der Waals surface area contributed by atoms with Crippen molar-refractivity contribution in [3.05, 3.63) is 0 Å². The van der Waals surface area contributed by atoms with Crippen molar-refractivity contribution in [3.8, 4) is 6.07 Å². The molecule has 0 heterocycles. The first-order chi connectivity index (χ1) is 7.47. The van der Waals surface area contributed by atoms with Crippen LogP contribution in [0.4, 0.5) is 0 Å². The molecule has 0 aromatic rings. The molecule has 0 bridgehead atoms. The molecule has 1 amide bonds. The van der Waals surface area contributed by atoms with Crippen LogP contribution in [0.25, 0.3) is 0 Å². The van der Waals surface area contributed by atoms with Gasteiger partial charge in [0.05, 0.1) is 12.5 Å². The minimum Gasteiger partial charge on any atom is -0.345 e. The zero-order valence-electron chi connectivity index (χ0n) is 10.2. The highest BCUT2D eigenvalue weighted by Crippen LogP contribution is 2.00. The van der Waals surface area contributed by atoms with Crippen LogP contribution in [0.1, 0.15) is 26.7 Å². The molecular weight excluding hydrogens is 224 g/mol. The van der Waals surface area contributed by atoms with Crippen molar-refractivity contribution in [2.75, 3.05) is 25.1 Å². The average Bonchev–Trinajstić information content (AvgIpc) is 2.21. The summed E-state index contributed by atoms with van der Waals surface area (Å²) < 4.78 is 11.5. The summed E-state index contributed by atoms with van der Waals surface area (Å²) in [5, 5.41) is 8.38. The number of amides is 1. The fourth-order valence-corrected chi connectivity index (χ4v) is 2.50. The van der Waals surface area contributed by atoms with E-state index in [1.54, 1.807) is 7.05 Å². The average molecular weight is 244 g/mol. The van der Waals surface area contributed by atoms with Crippen molar-refractivity contribution in [1.29, 1.82) is 5.26 Å². The Labute approximate surface area is 100 Å². The third-order valence-corrected chi connectivity index (χ3v) is 3.75. The van der Waals surface area contributed by atoms with Crippen LogP contribution in [0, 0.1) is 17.2 Å². The first kappa shape index (κ1) is 15.1. The van der Waals surface area contributed by atoms with E-state index >= 15 is 0 Å². The van der Waals surface area contributed by atoms with Gasteiger partial charge in [-0.25, -0.2) is 0 Å². The van der Waals surface area contributed by atoms with Crippen molar-refractivity contribution >= 4 is 16.7 Å². The van der Waals surface area contributed by atoms with Gasteiger partial charge in [0.2, 0.25) is 5.91 Å². The highest BCUT2D eigenvalue weighted by Gasteiger charge is 2.10. The highest BCUT2D eigenvalue weighted by molar-refractivity contribution is 7.85. The van der Waals surface area contributed by atoms with Gasteiger partial charge in [-0.2, -0.15) is 5.26 Å². The summed E-state index contributed by atoms with van der Waals surface area (Å²) in [6.45, 7) is 4.48. The van der Waals surface area contributed by atoms with Crippen molar-refractivity contribution in [1.82, 2.24) is 4.90 Å². The predicted octanol–water partition coefficient (Wildman–Crippen LogP) is 1.15. The molecule has 1 unspecified atom stereocenters. The quantitative estimate of drug-likeness (QED) is 0.675. The van der Waals surface area contributed by atoms with Gasteiger partial charge in [-0.1, -0.05) is 13.8 Å². The number of hydrogen-bond donors (Lipinski definition) is 0. The summed E-state index contributed by atoms with van der Waals surface area (Å²) in [7, 11) is 0.766. The molecule has 4 nitrogen and oxygen atoms in total. The van der Waals surface area contributed by atoms with Gasteiger partial charge in [0.25, 0.3) is 0 Å². The minimum absolute atomic E-state index is 0.0349. The summed E-state index contributed by atoms with van der Waals surface area (Å²) in [5.41, 5.74) is 0. The van der Waals surface area contributed by atoms with Crippen LogP contribution in [0.15, 0.2) is 0 Å². The zero-order chi connectivity index (χ0) is 12.6. The van der Waals surface area contributed by atoms with Crippen molar-refractivity contribution < 1.29 is 9.00 Å². The van der Waals surface area contributed by atoms with E-state index in [0.29, 0.717) is 36.8 Å². The molecule has 0 aliphatic heterocycles. The molecule has 1 atom stereocenters. The number of hydrogen-bond acceptors (Lipinski definition) is 3. The van der Waals surface area contributed by atoms with Gasteiger partial charge in [0.15, 0.2) is 0 Å². The molecule has 0 rings (SSSR count). The van der Waals surface area contributed by atoms with Crippen LogP contribution in [-0.2, 0) is 15.6 Å². The smallest absolute Gasteiger partial charge is 0.223 e. The monoisotopic (exact) mass is 244 g/mol. The summed E-state index contributed by atoms with van der Waals surface area (Å²) in [6.07, 6.45) is 0.651. The lowest BCUT2D eigenvalue weighted by atomic mass is 10.3. The molecule has 0 aromatic heterocycles. The van der Waals surface area contributed by atoms with Crippen LogP contribution < -0.4 is 0 Å². The summed E-state index contributed by atoms with van der Waals surface area (Å²) in [4.78, 5) is 13.0. The summed E-state index contributed by atoms with van der Waals surface area (Å²) in [5.74, 6) is 1.43. The normalized spacial score (nSPS) is 12.2. The molecule has 0 saturated carbocycles. The Balaban J connectivity index is 3.80. The Kier molecular flexibility index (Phi) is 7.82. The van der Waals surface area contributed by atoms with Crippen molar-refractivity contribution in [2.45, 2.75) is 26.7 Å². The molecular formula is C11H20N2O2S. The molecule has 16 heavy (non-hydrogen) atoms. The first-order valence-corrected chi connectivity index (χ1v) is 6.92. The molecule has 0 aliphatic rings. The van der Waals surface area contributed by atoms with E-state index in [1.165, 1.54) is 4.90 Å². The number of nitriles is 1. The SMILES string of the molecule is CC(C)CS(=O)CCC(=O)N(C)CCC#N. The summed E-state index contributed by atoms with van der Waals surface area (Å²) >= 11 is 0. The Hall–Kier alpha value is -0.890.